The monoisotopic (exact) mass is 434 g/mol. The zero-order valence-electron chi connectivity index (χ0n) is 18.1. The zero-order chi connectivity index (χ0) is 22.7. The van der Waals surface area contributed by atoms with Gasteiger partial charge in [0.1, 0.15) is 17.1 Å². The molecule has 0 unspecified atom stereocenters. The molecule has 0 radical (unpaired) electrons. The first-order chi connectivity index (χ1) is 15.5. The van der Waals surface area contributed by atoms with Crippen molar-refractivity contribution in [3.63, 3.8) is 0 Å². The Kier molecular flexibility index (Phi) is 5.80. The van der Waals surface area contributed by atoms with E-state index in [0.717, 1.165) is 5.69 Å². The van der Waals surface area contributed by atoms with Gasteiger partial charge in [0.05, 0.1) is 19.8 Å². The van der Waals surface area contributed by atoms with E-state index in [1.165, 1.54) is 0 Å². The van der Waals surface area contributed by atoms with Gasteiger partial charge in [0.2, 0.25) is 11.8 Å². The quantitative estimate of drug-likeness (QED) is 0.439. The summed E-state index contributed by atoms with van der Waals surface area (Å²) in [6, 6.07) is 12.3. The minimum atomic E-state index is -0.198. The van der Waals surface area contributed by atoms with Crippen LogP contribution in [-0.2, 0) is 0 Å². The number of amides is 1. The number of aryl methyl sites for hydroxylation is 1. The predicted octanol–water partition coefficient (Wildman–Crippen LogP) is 4.44. The number of benzene rings is 2. The van der Waals surface area contributed by atoms with Crippen LogP contribution >= 0.6 is 0 Å². The number of hydrogen-bond acceptors (Lipinski definition) is 8. The fraction of sp³-hybridized carbons (Fsp3) is 0.174. The largest absolute Gasteiger partial charge is 0.493 e. The molecule has 9 heteroatoms. The first-order valence-corrected chi connectivity index (χ1v) is 9.77. The topological polar surface area (TPSA) is 108 Å². The van der Waals surface area contributed by atoms with Gasteiger partial charge in [0.25, 0.3) is 5.91 Å². The van der Waals surface area contributed by atoms with Crippen LogP contribution in [0, 0.1) is 6.92 Å². The van der Waals surface area contributed by atoms with Gasteiger partial charge in [-0.05, 0) is 31.2 Å². The van der Waals surface area contributed by atoms with Crippen molar-refractivity contribution in [3.05, 3.63) is 60.0 Å². The van der Waals surface area contributed by atoms with Crippen molar-refractivity contribution >= 4 is 28.5 Å². The summed E-state index contributed by atoms with van der Waals surface area (Å²) in [5.41, 5.74) is 1.79. The Morgan fingerprint density at radius 2 is 1.84 bits per heavy atom. The van der Waals surface area contributed by atoms with Crippen LogP contribution in [0.15, 0.2) is 53.1 Å². The van der Waals surface area contributed by atoms with E-state index in [9.17, 15) is 4.79 Å². The van der Waals surface area contributed by atoms with E-state index >= 15 is 0 Å². The molecule has 4 rings (SSSR count). The molecular formula is C23H22N4O5. The first-order valence-electron chi connectivity index (χ1n) is 9.77. The number of carbonyl (C=O) groups is 1. The highest BCUT2D eigenvalue weighted by molar-refractivity contribution is 6.07. The summed E-state index contributed by atoms with van der Waals surface area (Å²) in [7, 11) is 4.73. The Labute approximate surface area is 184 Å². The SMILES string of the molecule is CNC(=O)c1c(C)oc2cc(Oc3ccnc(Nc4ccc(OC)c(OC)c4)n3)ccc12. The summed E-state index contributed by atoms with van der Waals surface area (Å²) in [6.45, 7) is 1.75. The lowest BCUT2D eigenvalue weighted by molar-refractivity contribution is 0.0963. The van der Waals surface area contributed by atoms with E-state index < -0.39 is 0 Å². The molecule has 2 heterocycles. The van der Waals surface area contributed by atoms with E-state index in [0.29, 0.717) is 51.4 Å². The van der Waals surface area contributed by atoms with Crippen LogP contribution in [0.4, 0.5) is 11.6 Å². The van der Waals surface area contributed by atoms with Gasteiger partial charge in [0.15, 0.2) is 11.5 Å². The van der Waals surface area contributed by atoms with Crippen molar-refractivity contribution in [1.82, 2.24) is 15.3 Å². The number of aromatic nitrogens is 2. The van der Waals surface area contributed by atoms with Crippen molar-refractivity contribution in [2.75, 3.05) is 26.6 Å². The van der Waals surface area contributed by atoms with Crippen LogP contribution in [0.25, 0.3) is 11.0 Å². The Balaban J connectivity index is 1.55. The molecule has 0 bridgehead atoms. The highest BCUT2D eigenvalue weighted by Gasteiger charge is 2.17. The van der Waals surface area contributed by atoms with Gasteiger partial charge < -0.3 is 29.3 Å². The van der Waals surface area contributed by atoms with Gasteiger partial charge in [-0.2, -0.15) is 4.98 Å². The summed E-state index contributed by atoms with van der Waals surface area (Å²) < 4.78 is 22.2. The number of methoxy groups -OCH3 is 2. The second-order valence-corrected chi connectivity index (χ2v) is 6.79. The van der Waals surface area contributed by atoms with Crippen LogP contribution in [0.5, 0.6) is 23.1 Å². The third-order valence-electron chi connectivity index (χ3n) is 4.78. The molecule has 2 aromatic carbocycles. The normalized spacial score (nSPS) is 10.6. The Hall–Kier alpha value is -4.27. The number of hydrogen-bond donors (Lipinski definition) is 2. The van der Waals surface area contributed by atoms with Gasteiger partial charge >= 0.3 is 0 Å². The molecule has 0 saturated heterocycles. The summed E-state index contributed by atoms with van der Waals surface area (Å²) in [5, 5.41) is 6.46. The number of furan rings is 1. The summed E-state index contributed by atoms with van der Waals surface area (Å²) in [5.74, 6) is 2.77. The molecule has 2 N–H and O–H groups in total. The molecule has 0 aliphatic heterocycles. The van der Waals surface area contributed by atoms with Crippen LogP contribution < -0.4 is 24.8 Å². The Morgan fingerprint density at radius 3 is 2.59 bits per heavy atom. The third-order valence-corrected chi connectivity index (χ3v) is 4.78. The zero-order valence-corrected chi connectivity index (χ0v) is 18.1. The molecule has 0 aliphatic rings. The number of rotatable bonds is 7. The molecule has 32 heavy (non-hydrogen) atoms. The highest BCUT2D eigenvalue weighted by atomic mass is 16.5. The lowest BCUT2D eigenvalue weighted by atomic mass is 10.1. The minimum absolute atomic E-state index is 0.198. The van der Waals surface area contributed by atoms with E-state index in [-0.39, 0.29) is 5.91 Å². The molecule has 0 atom stereocenters. The molecule has 1 amide bonds. The number of nitrogens with zero attached hydrogens (tertiary/aromatic N) is 2. The molecule has 0 fully saturated rings. The van der Waals surface area contributed by atoms with Crippen molar-refractivity contribution in [3.8, 4) is 23.1 Å². The second-order valence-electron chi connectivity index (χ2n) is 6.79. The van der Waals surface area contributed by atoms with Crippen molar-refractivity contribution < 1.29 is 23.4 Å². The van der Waals surface area contributed by atoms with Crippen molar-refractivity contribution in [1.29, 1.82) is 0 Å². The number of ether oxygens (including phenoxy) is 3. The van der Waals surface area contributed by atoms with Crippen LogP contribution in [0.1, 0.15) is 16.1 Å². The summed E-state index contributed by atoms with van der Waals surface area (Å²) >= 11 is 0. The Bertz CT molecular complexity index is 1280. The summed E-state index contributed by atoms with van der Waals surface area (Å²) in [6.07, 6.45) is 1.59. The maximum atomic E-state index is 12.1. The standard InChI is InChI=1S/C23H22N4O5/c1-13-21(22(28)24-2)16-7-6-15(12-18(16)31-13)32-20-9-10-25-23(27-20)26-14-5-8-17(29-3)19(11-14)30-4/h5-12H,1-4H3,(H,24,28)(H,25,26,27). The maximum absolute atomic E-state index is 12.1. The molecule has 9 nitrogen and oxygen atoms in total. The number of fused-ring (bicyclic) bond motifs is 1. The molecule has 0 spiro atoms. The van der Waals surface area contributed by atoms with Gasteiger partial charge in [0, 0.05) is 42.5 Å². The van der Waals surface area contributed by atoms with Crippen LogP contribution in [0.2, 0.25) is 0 Å². The van der Waals surface area contributed by atoms with Gasteiger partial charge in [-0.25, -0.2) is 4.98 Å². The van der Waals surface area contributed by atoms with Gasteiger partial charge in [-0.15, -0.1) is 0 Å². The molecule has 164 valence electrons. The van der Waals surface area contributed by atoms with Crippen LogP contribution in [0.3, 0.4) is 0 Å². The summed E-state index contributed by atoms with van der Waals surface area (Å²) in [4.78, 5) is 20.7. The first kappa shape index (κ1) is 21.0. The molecule has 4 aromatic rings. The average molecular weight is 434 g/mol. The number of anilines is 2. The van der Waals surface area contributed by atoms with Crippen molar-refractivity contribution in [2.45, 2.75) is 6.92 Å². The number of nitrogens with one attached hydrogen (secondary N) is 2. The van der Waals surface area contributed by atoms with Gasteiger partial charge in [-0.1, -0.05) is 0 Å². The van der Waals surface area contributed by atoms with Crippen LogP contribution in [-0.4, -0.2) is 37.1 Å². The average Bonchev–Trinajstić information content (AvgIpc) is 3.13. The highest BCUT2D eigenvalue weighted by Crippen LogP contribution is 2.32. The fourth-order valence-corrected chi connectivity index (χ4v) is 3.29. The van der Waals surface area contributed by atoms with E-state index in [1.54, 1.807) is 70.8 Å². The second kappa shape index (κ2) is 8.84. The van der Waals surface area contributed by atoms with Crippen molar-refractivity contribution in [2.24, 2.45) is 0 Å². The molecule has 0 aliphatic carbocycles. The lowest BCUT2D eigenvalue weighted by Gasteiger charge is -2.11. The number of carbonyl (C=O) groups excluding carboxylic acids is 1. The molecule has 2 aromatic heterocycles. The fourth-order valence-electron chi connectivity index (χ4n) is 3.29. The van der Waals surface area contributed by atoms with Gasteiger partial charge in [-0.3, -0.25) is 4.79 Å². The Morgan fingerprint density at radius 1 is 1.03 bits per heavy atom. The minimum Gasteiger partial charge on any atom is -0.493 e. The third kappa shape index (κ3) is 4.13. The maximum Gasteiger partial charge on any atom is 0.255 e. The van der Waals surface area contributed by atoms with E-state index in [4.69, 9.17) is 18.6 Å². The predicted molar refractivity (Wildman–Crippen MR) is 119 cm³/mol. The lowest BCUT2D eigenvalue weighted by Crippen LogP contribution is -2.18. The van der Waals surface area contributed by atoms with E-state index in [2.05, 4.69) is 20.6 Å². The molecular weight excluding hydrogens is 412 g/mol. The smallest absolute Gasteiger partial charge is 0.255 e. The van der Waals surface area contributed by atoms with E-state index in [1.807, 2.05) is 6.07 Å². The molecule has 0 saturated carbocycles.